The van der Waals surface area contributed by atoms with E-state index < -0.39 is 0 Å². The monoisotopic (exact) mass is 342 g/mol. The Labute approximate surface area is 148 Å². The molecule has 134 valence electrons. The smallest absolute Gasteiger partial charge is 0.261 e. The molecular weight excluding hydrogens is 316 g/mol. The van der Waals surface area contributed by atoms with Gasteiger partial charge in [-0.1, -0.05) is 25.5 Å². The van der Waals surface area contributed by atoms with Gasteiger partial charge in [0.15, 0.2) is 0 Å². The van der Waals surface area contributed by atoms with Gasteiger partial charge in [0.1, 0.15) is 6.54 Å². The number of para-hydroxylation sites is 1. The molecule has 25 heavy (non-hydrogen) atoms. The molecular formula is C19H26N4O2. The third-order valence-corrected chi connectivity index (χ3v) is 5.31. The minimum absolute atomic E-state index is 0.0151. The lowest BCUT2D eigenvalue weighted by Gasteiger charge is -2.23. The Morgan fingerprint density at radius 2 is 2.08 bits per heavy atom. The Bertz CT molecular complexity index is 843. The molecule has 6 nitrogen and oxygen atoms in total. The molecule has 0 spiro atoms. The molecule has 1 saturated heterocycles. The number of rotatable bonds is 4. The molecule has 0 unspecified atom stereocenters. The first-order valence-electron chi connectivity index (χ1n) is 8.81. The van der Waals surface area contributed by atoms with Crippen LogP contribution in [0.1, 0.15) is 18.9 Å². The van der Waals surface area contributed by atoms with Crippen molar-refractivity contribution in [1.29, 1.82) is 0 Å². The summed E-state index contributed by atoms with van der Waals surface area (Å²) in [6.07, 6.45) is 2.54. The van der Waals surface area contributed by atoms with Gasteiger partial charge in [-0.2, -0.15) is 0 Å². The van der Waals surface area contributed by atoms with Crippen LogP contribution in [0.3, 0.4) is 0 Å². The second kappa shape index (κ2) is 6.96. The predicted octanol–water partition coefficient (Wildman–Crippen LogP) is 1.50. The van der Waals surface area contributed by atoms with Crippen molar-refractivity contribution in [2.75, 3.05) is 27.2 Å². The molecule has 1 amide bonds. The summed E-state index contributed by atoms with van der Waals surface area (Å²) in [6.45, 7) is 5.62. The van der Waals surface area contributed by atoms with Crippen LogP contribution in [0.15, 0.2) is 29.3 Å². The molecule has 0 N–H and O–H groups in total. The van der Waals surface area contributed by atoms with Gasteiger partial charge in [-0.05, 0) is 38.6 Å². The van der Waals surface area contributed by atoms with Gasteiger partial charge in [-0.3, -0.25) is 14.2 Å². The number of carbonyl (C=O) groups excluding carboxylic acids is 1. The van der Waals surface area contributed by atoms with Crippen LogP contribution in [0.25, 0.3) is 10.9 Å². The zero-order valence-corrected chi connectivity index (χ0v) is 15.4. The summed E-state index contributed by atoms with van der Waals surface area (Å²) in [4.78, 5) is 33.8. The molecule has 1 aliphatic heterocycles. The van der Waals surface area contributed by atoms with E-state index in [1.54, 1.807) is 6.07 Å². The SMILES string of the molecule is CC[C@H]1CN(C(=O)Cn2cnc3c(C)cccc3c2=O)C[C@H]1N(C)C. The number of hydrogen-bond donors (Lipinski definition) is 0. The fourth-order valence-corrected chi connectivity index (χ4v) is 3.74. The zero-order valence-electron chi connectivity index (χ0n) is 15.4. The number of benzene rings is 1. The summed E-state index contributed by atoms with van der Waals surface area (Å²) >= 11 is 0. The van der Waals surface area contributed by atoms with Gasteiger partial charge in [0.2, 0.25) is 5.91 Å². The van der Waals surface area contributed by atoms with Crippen molar-refractivity contribution in [1.82, 2.24) is 19.4 Å². The van der Waals surface area contributed by atoms with Crippen molar-refractivity contribution < 1.29 is 4.79 Å². The zero-order chi connectivity index (χ0) is 18.1. The molecule has 1 aromatic carbocycles. The maximum Gasteiger partial charge on any atom is 0.261 e. The molecule has 6 heteroatoms. The van der Waals surface area contributed by atoms with E-state index in [0.29, 0.717) is 22.9 Å². The van der Waals surface area contributed by atoms with E-state index in [-0.39, 0.29) is 18.0 Å². The summed E-state index contributed by atoms with van der Waals surface area (Å²) < 4.78 is 1.42. The van der Waals surface area contributed by atoms with E-state index in [9.17, 15) is 9.59 Å². The van der Waals surface area contributed by atoms with Crippen molar-refractivity contribution in [2.45, 2.75) is 32.9 Å². The summed E-state index contributed by atoms with van der Waals surface area (Å²) in [6, 6.07) is 5.92. The molecule has 0 saturated carbocycles. The van der Waals surface area contributed by atoms with Gasteiger partial charge >= 0.3 is 0 Å². The predicted molar refractivity (Wildman–Crippen MR) is 98.6 cm³/mol. The average molecular weight is 342 g/mol. The standard InChI is InChI=1S/C19H26N4O2/c1-5-14-9-22(10-16(14)21(3)4)17(24)11-23-12-20-18-13(2)7-6-8-15(18)19(23)25/h6-8,12,14,16H,5,9-11H2,1-4H3/t14-,16+/m0/s1. The lowest BCUT2D eigenvalue weighted by molar-refractivity contribution is -0.131. The van der Waals surface area contributed by atoms with E-state index in [0.717, 1.165) is 25.1 Å². The second-order valence-corrected chi connectivity index (χ2v) is 7.15. The van der Waals surface area contributed by atoms with Crippen LogP contribution >= 0.6 is 0 Å². The molecule has 1 aromatic heterocycles. The topological polar surface area (TPSA) is 58.4 Å². The van der Waals surface area contributed by atoms with Crippen LogP contribution in [-0.4, -0.2) is 58.5 Å². The highest BCUT2D eigenvalue weighted by atomic mass is 16.2. The highest BCUT2D eigenvalue weighted by Crippen LogP contribution is 2.23. The van der Waals surface area contributed by atoms with Crippen LogP contribution in [0.4, 0.5) is 0 Å². The number of amides is 1. The van der Waals surface area contributed by atoms with Gasteiger partial charge in [-0.15, -0.1) is 0 Å². The molecule has 0 radical (unpaired) electrons. The van der Waals surface area contributed by atoms with Crippen LogP contribution < -0.4 is 5.56 Å². The van der Waals surface area contributed by atoms with E-state index in [4.69, 9.17) is 0 Å². The molecule has 0 aliphatic carbocycles. The van der Waals surface area contributed by atoms with Crippen molar-refractivity contribution >= 4 is 16.8 Å². The number of fused-ring (bicyclic) bond motifs is 1. The minimum atomic E-state index is -0.155. The van der Waals surface area contributed by atoms with Gasteiger partial charge in [-0.25, -0.2) is 4.98 Å². The second-order valence-electron chi connectivity index (χ2n) is 7.15. The number of aryl methyl sites for hydroxylation is 1. The van der Waals surface area contributed by atoms with Crippen molar-refractivity contribution in [2.24, 2.45) is 5.92 Å². The average Bonchev–Trinajstić information content (AvgIpc) is 3.03. The first-order chi connectivity index (χ1) is 11.9. The summed E-state index contributed by atoms with van der Waals surface area (Å²) in [5.41, 5.74) is 1.51. The number of nitrogens with zero attached hydrogens (tertiary/aromatic N) is 4. The first kappa shape index (κ1) is 17.6. The third kappa shape index (κ3) is 3.31. The fraction of sp³-hybridized carbons (Fsp3) is 0.526. The van der Waals surface area contributed by atoms with E-state index in [1.165, 1.54) is 10.9 Å². The lowest BCUT2D eigenvalue weighted by atomic mass is 10.0. The Hall–Kier alpha value is -2.21. The molecule has 2 atom stereocenters. The van der Waals surface area contributed by atoms with Crippen molar-refractivity contribution in [3.05, 3.63) is 40.4 Å². The molecule has 0 bridgehead atoms. The summed E-state index contributed by atoms with van der Waals surface area (Å²) in [5.74, 6) is 0.465. The van der Waals surface area contributed by atoms with Crippen molar-refractivity contribution in [3.8, 4) is 0 Å². The number of aromatic nitrogens is 2. The highest BCUT2D eigenvalue weighted by molar-refractivity contribution is 5.81. The molecule has 1 aliphatic rings. The third-order valence-electron chi connectivity index (χ3n) is 5.31. The van der Waals surface area contributed by atoms with E-state index in [2.05, 4.69) is 30.9 Å². The molecule has 3 rings (SSSR count). The Kier molecular flexibility index (Phi) is 4.90. The minimum Gasteiger partial charge on any atom is -0.339 e. The van der Waals surface area contributed by atoms with Gasteiger partial charge in [0, 0.05) is 19.1 Å². The van der Waals surface area contributed by atoms with Crippen LogP contribution in [-0.2, 0) is 11.3 Å². The number of likely N-dealkylation sites (tertiary alicyclic amines) is 1. The Morgan fingerprint density at radius 1 is 1.32 bits per heavy atom. The summed E-state index contributed by atoms with van der Waals surface area (Å²) in [7, 11) is 4.11. The number of hydrogen-bond acceptors (Lipinski definition) is 4. The maximum absolute atomic E-state index is 12.7. The van der Waals surface area contributed by atoms with Gasteiger partial charge < -0.3 is 9.80 Å². The molecule has 2 aromatic rings. The van der Waals surface area contributed by atoms with Crippen molar-refractivity contribution in [3.63, 3.8) is 0 Å². The Balaban J connectivity index is 1.81. The largest absolute Gasteiger partial charge is 0.339 e. The van der Waals surface area contributed by atoms with Gasteiger partial charge in [0.25, 0.3) is 5.56 Å². The van der Waals surface area contributed by atoms with Gasteiger partial charge in [0.05, 0.1) is 17.2 Å². The highest BCUT2D eigenvalue weighted by Gasteiger charge is 2.35. The number of carbonyl (C=O) groups is 1. The fourth-order valence-electron chi connectivity index (χ4n) is 3.74. The molecule has 2 heterocycles. The maximum atomic E-state index is 12.7. The molecule has 1 fully saturated rings. The Morgan fingerprint density at radius 3 is 2.72 bits per heavy atom. The van der Waals surface area contributed by atoms with Crippen LogP contribution in [0.2, 0.25) is 0 Å². The van der Waals surface area contributed by atoms with Crippen LogP contribution in [0, 0.1) is 12.8 Å². The first-order valence-corrected chi connectivity index (χ1v) is 8.81. The summed E-state index contributed by atoms with van der Waals surface area (Å²) in [5, 5.41) is 0.564. The van der Waals surface area contributed by atoms with E-state index in [1.807, 2.05) is 24.0 Å². The lowest BCUT2D eigenvalue weighted by Crippen LogP contribution is -2.38. The van der Waals surface area contributed by atoms with E-state index >= 15 is 0 Å². The quantitative estimate of drug-likeness (QED) is 0.845. The number of likely N-dealkylation sites (N-methyl/N-ethyl adjacent to an activating group) is 1. The van der Waals surface area contributed by atoms with Crippen LogP contribution in [0.5, 0.6) is 0 Å². The normalized spacial score (nSPS) is 20.6.